The van der Waals surface area contributed by atoms with Crippen molar-refractivity contribution < 1.29 is 13.2 Å². The van der Waals surface area contributed by atoms with Crippen molar-refractivity contribution in [1.82, 2.24) is 14.6 Å². The number of hydrogen-bond donors (Lipinski definition) is 1. The zero-order chi connectivity index (χ0) is 16.3. The van der Waals surface area contributed by atoms with Gasteiger partial charge < -0.3 is 4.74 Å². The third-order valence-corrected chi connectivity index (χ3v) is 5.65. The molecule has 2 aromatic rings. The highest BCUT2D eigenvalue weighted by Crippen LogP contribution is 2.21. The maximum Gasteiger partial charge on any atom is 0.241 e. The normalized spacial score (nSPS) is 18.1. The number of nitrogens with one attached hydrogen (secondary N) is 1. The van der Waals surface area contributed by atoms with Gasteiger partial charge in [-0.25, -0.2) is 13.1 Å². The molecule has 0 radical (unpaired) electrons. The van der Waals surface area contributed by atoms with Crippen LogP contribution in [0.25, 0.3) is 10.8 Å². The molecule has 2 heterocycles. The van der Waals surface area contributed by atoms with E-state index in [0.717, 1.165) is 18.5 Å². The predicted octanol–water partition coefficient (Wildman–Crippen LogP) is 1.23. The third kappa shape index (κ3) is 3.69. The molecule has 124 valence electrons. The summed E-state index contributed by atoms with van der Waals surface area (Å²) in [5.41, 5.74) is 0. The Morgan fingerprint density at radius 3 is 2.87 bits per heavy atom. The molecule has 3 rings (SSSR count). The molecule has 7 heteroatoms. The van der Waals surface area contributed by atoms with Gasteiger partial charge in [0, 0.05) is 48.8 Å². The summed E-state index contributed by atoms with van der Waals surface area (Å²) in [4.78, 5) is 6.57. The van der Waals surface area contributed by atoms with Gasteiger partial charge in [-0.2, -0.15) is 0 Å². The lowest BCUT2D eigenvalue weighted by Crippen LogP contribution is -2.47. The van der Waals surface area contributed by atoms with E-state index in [1.165, 1.54) is 0 Å². The Morgan fingerprint density at radius 1 is 1.30 bits per heavy atom. The van der Waals surface area contributed by atoms with Gasteiger partial charge in [-0.05, 0) is 19.1 Å². The number of fused-ring (bicyclic) bond motifs is 1. The Kier molecular flexibility index (Phi) is 4.91. The summed E-state index contributed by atoms with van der Waals surface area (Å²) in [5.74, 6) is 0. The topological polar surface area (TPSA) is 71.5 Å². The fourth-order valence-corrected chi connectivity index (χ4v) is 4.13. The summed E-state index contributed by atoms with van der Waals surface area (Å²) in [7, 11) is -3.56. The molecule has 0 spiro atoms. The van der Waals surface area contributed by atoms with Gasteiger partial charge in [0.05, 0.1) is 18.1 Å². The lowest BCUT2D eigenvalue weighted by atomic mass is 10.2. The molecule has 0 unspecified atom stereocenters. The molecule has 1 saturated heterocycles. The number of sulfonamides is 1. The molecule has 23 heavy (non-hydrogen) atoms. The van der Waals surface area contributed by atoms with E-state index in [2.05, 4.69) is 14.6 Å². The van der Waals surface area contributed by atoms with Crippen LogP contribution in [-0.4, -0.2) is 57.2 Å². The highest BCUT2D eigenvalue weighted by atomic mass is 32.2. The molecule has 1 aliphatic heterocycles. The van der Waals surface area contributed by atoms with E-state index in [9.17, 15) is 8.42 Å². The average Bonchev–Trinajstić information content (AvgIpc) is 2.60. The molecule has 1 fully saturated rings. The summed E-state index contributed by atoms with van der Waals surface area (Å²) in [5, 5.41) is 1.51. The Balaban J connectivity index is 1.75. The van der Waals surface area contributed by atoms with E-state index in [-0.39, 0.29) is 6.04 Å². The first-order valence-electron chi connectivity index (χ1n) is 7.72. The largest absolute Gasteiger partial charge is 0.379 e. The first-order valence-corrected chi connectivity index (χ1v) is 9.20. The molecule has 6 nitrogen and oxygen atoms in total. The molecule has 1 aliphatic rings. The number of benzene rings is 1. The van der Waals surface area contributed by atoms with Gasteiger partial charge in [0.25, 0.3) is 0 Å². The maximum atomic E-state index is 12.7. The van der Waals surface area contributed by atoms with Crippen LogP contribution in [0.5, 0.6) is 0 Å². The van der Waals surface area contributed by atoms with Gasteiger partial charge in [0.2, 0.25) is 10.0 Å². The highest BCUT2D eigenvalue weighted by molar-refractivity contribution is 7.89. The monoisotopic (exact) mass is 335 g/mol. The maximum absolute atomic E-state index is 12.7. The van der Waals surface area contributed by atoms with Crippen molar-refractivity contribution in [3.8, 4) is 0 Å². The summed E-state index contributed by atoms with van der Waals surface area (Å²) in [6.45, 7) is 5.48. The minimum atomic E-state index is -3.56. The van der Waals surface area contributed by atoms with Crippen molar-refractivity contribution in [1.29, 1.82) is 0 Å². The minimum absolute atomic E-state index is 0.130. The standard InChI is InChI=1S/C16H21N3O3S/c1-13(19-7-9-22-10-8-19)11-18-23(20,21)16-4-2-3-14-12-17-6-5-15(14)16/h2-6,12-13,18H,7-11H2,1H3/t13-/m0/s1. The molecule has 0 aliphatic carbocycles. The summed E-state index contributed by atoms with van der Waals surface area (Å²) in [6, 6.07) is 7.09. The quantitative estimate of drug-likeness (QED) is 0.890. The SMILES string of the molecule is C[C@@H](CNS(=O)(=O)c1cccc2cnccc12)N1CCOCC1. The van der Waals surface area contributed by atoms with Gasteiger partial charge in [0.15, 0.2) is 0 Å². The van der Waals surface area contributed by atoms with Gasteiger partial charge in [0.1, 0.15) is 0 Å². The summed E-state index contributed by atoms with van der Waals surface area (Å²) in [6.07, 6.45) is 3.28. The predicted molar refractivity (Wildman–Crippen MR) is 88.8 cm³/mol. The van der Waals surface area contributed by atoms with Crippen LogP contribution in [0, 0.1) is 0 Å². The van der Waals surface area contributed by atoms with Gasteiger partial charge in [-0.3, -0.25) is 9.88 Å². The molecule has 1 aromatic carbocycles. The molecular weight excluding hydrogens is 314 g/mol. The van der Waals surface area contributed by atoms with E-state index in [1.807, 2.05) is 13.0 Å². The van der Waals surface area contributed by atoms with E-state index >= 15 is 0 Å². The first-order chi connectivity index (χ1) is 11.1. The molecule has 1 atom stereocenters. The van der Waals surface area contributed by atoms with Crippen molar-refractivity contribution >= 4 is 20.8 Å². The average molecular weight is 335 g/mol. The summed E-state index contributed by atoms with van der Waals surface area (Å²) < 4.78 is 33.4. The lowest BCUT2D eigenvalue weighted by Gasteiger charge is -2.32. The van der Waals surface area contributed by atoms with Crippen LogP contribution in [-0.2, 0) is 14.8 Å². The molecule has 0 amide bonds. The molecular formula is C16H21N3O3S. The molecule has 0 bridgehead atoms. The fraction of sp³-hybridized carbons (Fsp3) is 0.438. The number of morpholine rings is 1. The van der Waals surface area contributed by atoms with Gasteiger partial charge in [-0.1, -0.05) is 12.1 Å². The molecule has 1 aromatic heterocycles. The van der Waals surface area contributed by atoms with Crippen LogP contribution in [0.4, 0.5) is 0 Å². The van der Waals surface area contributed by atoms with Crippen molar-refractivity contribution in [3.63, 3.8) is 0 Å². The fourth-order valence-electron chi connectivity index (χ4n) is 2.78. The third-order valence-electron chi connectivity index (χ3n) is 4.17. The Bertz CT molecular complexity index is 768. The Hall–Kier alpha value is -1.54. The highest BCUT2D eigenvalue weighted by Gasteiger charge is 2.21. The zero-order valence-corrected chi connectivity index (χ0v) is 13.9. The van der Waals surface area contributed by atoms with Gasteiger partial charge in [-0.15, -0.1) is 0 Å². The van der Waals surface area contributed by atoms with Crippen LogP contribution in [0.2, 0.25) is 0 Å². The van der Waals surface area contributed by atoms with Gasteiger partial charge >= 0.3 is 0 Å². The van der Waals surface area contributed by atoms with Crippen molar-refractivity contribution in [3.05, 3.63) is 36.7 Å². The van der Waals surface area contributed by atoms with Crippen LogP contribution in [0.1, 0.15) is 6.92 Å². The number of nitrogens with zero attached hydrogens (tertiary/aromatic N) is 2. The molecule has 1 N–H and O–H groups in total. The van der Waals surface area contributed by atoms with Crippen LogP contribution >= 0.6 is 0 Å². The van der Waals surface area contributed by atoms with Crippen LogP contribution in [0.3, 0.4) is 0 Å². The number of rotatable bonds is 5. The summed E-state index contributed by atoms with van der Waals surface area (Å²) >= 11 is 0. The number of pyridine rings is 1. The number of aromatic nitrogens is 1. The lowest BCUT2D eigenvalue weighted by molar-refractivity contribution is 0.0213. The molecule has 0 saturated carbocycles. The number of ether oxygens (including phenoxy) is 1. The Morgan fingerprint density at radius 2 is 2.09 bits per heavy atom. The second kappa shape index (κ2) is 6.92. The van der Waals surface area contributed by atoms with E-state index < -0.39 is 10.0 Å². The zero-order valence-electron chi connectivity index (χ0n) is 13.1. The van der Waals surface area contributed by atoms with Crippen LogP contribution < -0.4 is 4.72 Å². The second-order valence-corrected chi connectivity index (χ2v) is 7.44. The second-order valence-electron chi connectivity index (χ2n) is 5.70. The Labute approximate surface area is 136 Å². The first kappa shape index (κ1) is 16.3. The number of hydrogen-bond acceptors (Lipinski definition) is 5. The minimum Gasteiger partial charge on any atom is -0.379 e. The van der Waals surface area contributed by atoms with E-state index in [4.69, 9.17) is 4.74 Å². The van der Waals surface area contributed by atoms with E-state index in [1.54, 1.807) is 30.6 Å². The smallest absolute Gasteiger partial charge is 0.241 e. The van der Waals surface area contributed by atoms with E-state index in [0.29, 0.717) is 30.0 Å². The van der Waals surface area contributed by atoms with Crippen LogP contribution in [0.15, 0.2) is 41.6 Å². The van der Waals surface area contributed by atoms with Crippen molar-refractivity contribution in [2.45, 2.75) is 17.9 Å². The van der Waals surface area contributed by atoms with Crippen molar-refractivity contribution in [2.75, 3.05) is 32.8 Å². The van der Waals surface area contributed by atoms with Crippen molar-refractivity contribution in [2.24, 2.45) is 0 Å².